The van der Waals surface area contributed by atoms with Gasteiger partial charge in [-0.05, 0) is 165 Å². The van der Waals surface area contributed by atoms with Crippen LogP contribution in [-0.4, -0.2) is 0 Å². The average Bonchev–Trinajstić information content (AvgIpc) is 4.04. The molecular formula is C68H48N2O2. The van der Waals surface area contributed by atoms with E-state index in [9.17, 15) is 0 Å². The van der Waals surface area contributed by atoms with Crippen LogP contribution in [0.3, 0.4) is 0 Å². The van der Waals surface area contributed by atoms with E-state index in [0.717, 1.165) is 81.5 Å². The van der Waals surface area contributed by atoms with Gasteiger partial charge < -0.3 is 18.6 Å². The first-order valence-corrected chi connectivity index (χ1v) is 25.9. The van der Waals surface area contributed by atoms with Gasteiger partial charge in [0.05, 0.1) is 22.7 Å². The third kappa shape index (κ3) is 5.75. The van der Waals surface area contributed by atoms with E-state index in [-0.39, 0.29) is 0 Å². The standard InChI is InChI=1S/C68H48N2O2/c1-5-19-47-41(13-1)17-9-25-55(47)69(59-27-11-23-53-65-49-21-7-3-15-43(49)33-39-61(65)71-67(53)59)57-37-31-45-30-36-52-58(38-32-46-29-35-51(57)63(45)64(46)52)70(56-26-10-18-42-14-2-6-20-48(42)56)60-28-12-24-54-66-50-22-8-4-16-44(50)34-40-62(66)72-68(54)60/h3-4,7-12,15-18,21-40H,1-2,5-6,13-14,19-20H2. The molecule has 0 fully saturated rings. The van der Waals surface area contributed by atoms with Crippen LogP contribution in [-0.2, 0) is 25.7 Å². The predicted octanol–water partition coefficient (Wildman–Crippen LogP) is 19.4. The zero-order valence-electron chi connectivity index (χ0n) is 39.8. The van der Waals surface area contributed by atoms with Gasteiger partial charge in [0.1, 0.15) is 11.2 Å². The minimum Gasteiger partial charge on any atom is -0.454 e. The van der Waals surface area contributed by atoms with Crippen LogP contribution < -0.4 is 9.80 Å². The number of para-hydroxylation sites is 2. The summed E-state index contributed by atoms with van der Waals surface area (Å²) in [4.78, 5) is 5.08. The van der Waals surface area contributed by atoms with Crippen LogP contribution in [0.2, 0.25) is 0 Å². The fraction of sp³-hybridized carbons (Fsp3) is 0.118. The normalized spacial score (nSPS) is 13.9. The molecule has 0 radical (unpaired) electrons. The second kappa shape index (κ2) is 15.4. The van der Waals surface area contributed by atoms with Gasteiger partial charge in [-0.2, -0.15) is 0 Å². The van der Waals surface area contributed by atoms with Crippen molar-refractivity contribution in [1.29, 1.82) is 0 Å². The first-order chi connectivity index (χ1) is 35.7. The van der Waals surface area contributed by atoms with Crippen molar-refractivity contribution in [1.82, 2.24) is 0 Å². The van der Waals surface area contributed by atoms with Gasteiger partial charge in [-0.3, -0.25) is 0 Å². The third-order valence-corrected chi connectivity index (χ3v) is 16.5. The van der Waals surface area contributed by atoms with Gasteiger partial charge >= 0.3 is 0 Å². The number of nitrogens with zero attached hydrogens (tertiary/aromatic N) is 2. The minimum absolute atomic E-state index is 0.903. The van der Waals surface area contributed by atoms with Crippen molar-refractivity contribution >= 4 is 132 Å². The van der Waals surface area contributed by atoms with Gasteiger partial charge in [0, 0.05) is 43.7 Å². The number of rotatable bonds is 6. The van der Waals surface area contributed by atoms with Crippen LogP contribution in [0, 0.1) is 0 Å². The van der Waals surface area contributed by atoms with E-state index in [0.29, 0.717) is 0 Å². The van der Waals surface area contributed by atoms with Crippen LogP contribution in [0.1, 0.15) is 47.9 Å². The molecule has 0 amide bonds. The van der Waals surface area contributed by atoms with E-state index in [2.05, 4.69) is 204 Å². The fourth-order valence-corrected chi connectivity index (χ4v) is 13.3. The molecule has 4 nitrogen and oxygen atoms in total. The molecule has 0 bridgehead atoms. The third-order valence-electron chi connectivity index (χ3n) is 16.5. The van der Waals surface area contributed by atoms with Gasteiger partial charge in [-0.1, -0.05) is 146 Å². The van der Waals surface area contributed by atoms with E-state index in [1.807, 2.05) is 0 Å². The maximum atomic E-state index is 7.07. The predicted molar refractivity (Wildman–Crippen MR) is 302 cm³/mol. The Hall–Kier alpha value is -8.60. The monoisotopic (exact) mass is 924 g/mol. The fourth-order valence-electron chi connectivity index (χ4n) is 13.3. The summed E-state index contributed by atoms with van der Waals surface area (Å²) in [5.41, 5.74) is 16.2. The Morgan fingerprint density at radius 3 is 1.17 bits per heavy atom. The molecule has 0 aliphatic heterocycles. The molecule has 2 aromatic heterocycles. The number of hydrogen-bond acceptors (Lipinski definition) is 4. The summed E-state index contributed by atoms with van der Waals surface area (Å²) in [6.07, 6.45) is 9.08. The highest BCUT2D eigenvalue weighted by molar-refractivity contribution is 6.29. The van der Waals surface area contributed by atoms with Crippen LogP contribution >= 0.6 is 0 Å². The molecule has 2 aliphatic rings. The maximum absolute atomic E-state index is 7.07. The van der Waals surface area contributed by atoms with Gasteiger partial charge in [0.2, 0.25) is 0 Å². The summed E-state index contributed by atoms with van der Waals surface area (Å²) < 4.78 is 14.1. The molecule has 342 valence electrons. The molecule has 2 aliphatic carbocycles. The first kappa shape index (κ1) is 40.2. The Bertz CT molecular complexity index is 4260. The molecule has 2 heterocycles. The summed E-state index contributed by atoms with van der Waals surface area (Å²) in [6.45, 7) is 0. The lowest BCUT2D eigenvalue weighted by Gasteiger charge is -2.32. The molecule has 0 saturated carbocycles. The summed E-state index contributed by atoms with van der Waals surface area (Å²) in [5.74, 6) is 0. The van der Waals surface area contributed by atoms with Crippen LogP contribution in [0.15, 0.2) is 203 Å². The quantitative estimate of drug-likeness (QED) is 0.156. The highest BCUT2D eigenvalue weighted by Crippen LogP contribution is 2.53. The van der Waals surface area contributed by atoms with E-state index >= 15 is 0 Å². The number of benzene rings is 12. The number of anilines is 6. The Balaban J connectivity index is 0.971. The van der Waals surface area contributed by atoms with E-state index in [1.54, 1.807) is 0 Å². The molecule has 0 N–H and O–H groups in total. The Morgan fingerprint density at radius 1 is 0.264 bits per heavy atom. The van der Waals surface area contributed by atoms with Crippen LogP contribution in [0.25, 0.3) is 97.7 Å². The number of aryl methyl sites for hydroxylation is 2. The Kier molecular flexibility index (Phi) is 8.62. The average molecular weight is 925 g/mol. The zero-order chi connectivity index (χ0) is 47.0. The summed E-state index contributed by atoms with van der Waals surface area (Å²) in [7, 11) is 0. The Labute approximate surface area is 416 Å². The highest BCUT2D eigenvalue weighted by Gasteiger charge is 2.29. The van der Waals surface area contributed by atoms with Crippen molar-refractivity contribution in [3.8, 4) is 0 Å². The summed E-state index contributed by atoms with van der Waals surface area (Å²) in [5, 5.41) is 16.9. The summed E-state index contributed by atoms with van der Waals surface area (Å²) >= 11 is 0. The first-order valence-electron chi connectivity index (χ1n) is 25.9. The molecule has 4 heteroatoms. The largest absolute Gasteiger partial charge is 0.454 e. The number of furan rings is 2. The molecule has 0 atom stereocenters. The lowest BCUT2D eigenvalue weighted by Crippen LogP contribution is -2.16. The number of fused-ring (bicyclic) bond motifs is 12. The topological polar surface area (TPSA) is 32.8 Å². The molecule has 0 spiro atoms. The van der Waals surface area contributed by atoms with Gasteiger partial charge in [-0.25, -0.2) is 0 Å². The van der Waals surface area contributed by atoms with Crippen molar-refractivity contribution in [3.63, 3.8) is 0 Å². The van der Waals surface area contributed by atoms with Crippen molar-refractivity contribution in [2.75, 3.05) is 9.80 Å². The second-order valence-electron chi connectivity index (χ2n) is 20.3. The molecular weight excluding hydrogens is 877 g/mol. The highest BCUT2D eigenvalue weighted by atomic mass is 16.3. The smallest absolute Gasteiger partial charge is 0.159 e. The van der Waals surface area contributed by atoms with E-state index in [4.69, 9.17) is 8.83 Å². The van der Waals surface area contributed by atoms with Gasteiger partial charge in [0.15, 0.2) is 11.2 Å². The molecule has 14 aromatic rings. The molecule has 12 aromatic carbocycles. The second-order valence-corrected chi connectivity index (χ2v) is 20.3. The zero-order valence-corrected chi connectivity index (χ0v) is 39.8. The molecule has 0 saturated heterocycles. The van der Waals surface area contributed by atoms with Crippen molar-refractivity contribution < 1.29 is 8.83 Å². The lowest BCUT2D eigenvalue weighted by molar-refractivity contribution is 0.668. The van der Waals surface area contributed by atoms with Crippen molar-refractivity contribution in [3.05, 3.63) is 216 Å². The van der Waals surface area contributed by atoms with Crippen LogP contribution in [0.4, 0.5) is 34.1 Å². The maximum Gasteiger partial charge on any atom is 0.159 e. The van der Waals surface area contributed by atoms with Gasteiger partial charge in [-0.15, -0.1) is 0 Å². The summed E-state index contributed by atoms with van der Waals surface area (Å²) in [6, 6.07) is 72.3. The van der Waals surface area contributed by atoms with E-state index in [1.165, 1.54) is 124 Å². The SMILES string of the molecule is c1cc2c(c(N(c3ccc4ccc5c(N(c6cccc7c6CCCC7)c6cccc7c6oc6ccc8ccccc8c67)ccc6ccc3c4c65)c3cccc4c3oc3ccc5ccccc5c34)c1)CCCC2. The molecule has 0 unspecified atom stereocenters. The van der Waals surface area contributed by atoms with Gasteiger partial charge in [0.25, 0.3) is 0 Å². The van der Waals surface area contributed by atoms with E-state index < -0.39 is 0 Å². The van der Waals surface area contributed by atoms with Crippen LogP contribution in [0.5, 0.6) is 0 Å². The lowest BCUT2D eigenvalue weighted by atomic mass is 9.88. The minimum atomic E-state index is 0.903. The number of hydrogen-bond donors (Lipinski definition) is 0. The van der Waals surface area contributed by atoms with Crippen molar-refractivity contribution in [2.24, 2.45) is 0 Å². The molecule has 72 heavy (non-hydrogen) atoms. The Morgan fingerprint density at radius 2 is 0.667 bits per heavy atom. The molecule has 16 rings (SSSR count). The van der Waals surface area contributed by atoms with Crippen molar-refractivity contribution in [2.45, 2.75) is 51.4 Å².